The molecule has 1 aromatic rings. The quantitative estimate of drug-likeness (QED) is 0.645. The van der Waals surface area contributed by atoms with Crippen molar-refractivity contribution in [2.24, 2.45) is 0 Å². The van der Waals surface area contributed by atoms with E-state index in [2.05, 4.69) is 0 Å². The summed E-state index contributed by atoms with van der Waals surface area (Å²) in [6.07, 6.45) is 7.11. The number of rotatable bonds is 6. The van der Waals surface area contributed by atoms with Gasteiger partial charge < -0.3 is 4.90 Å². The number of carbonyl (C=O) groups is 1. The maximum atomic E-state index is 13.0. The number of hydrogen-bond donors (Lipinski definition) is 0. The fourth-order valence-corrected chi connectivity index (χ4v) is 5.85. The van der Waals surface area contributed by atoms with Crippen molar-refractivity contribution in [1.29, 1.82) is 0 Å². The van der Waals surface area contributed by atoms with Crippen LogP contribution >= 0.6 is 0 Å². The molecular weight excluding hydrogens is 426 g/mol. The van der Waals surface area contributed by atoms with E-state index in [1.165, 1.54) is 41.1 Å². The number of carbonyl (C=O) groups excluding carboxylic acids is 1. The first kappa shape index (κ1) is 23.2. The summed E-state index contributed by atoms with van der Waals surface area (Å²) < 4.78 is 51.3. The lowest BCUT2D eigenvalue weighted by Crippen LogP contribution is -2.52. The van der Waals surface area contributed by atoms with Crippen LogP contribution in [0.1, 0.15) is 43.6 Å². The number of piperazine rings is 1. The monoisotopic (exact) mass is 457 g/mol. The second-order valence-corrected chi connectivity index (χ2v) is 12.2. The van der Waals surface area contributed by atoms with Gasteiger partial charge in [0.15, 0.2) is 0 Å². The molecule has 2 aliphatic rings. The van der Waals surface area contributed by atoms with Crippen LogP contribution in [-0.4, -0.2) is 82.3 Å². The van der Waals surface area contributed by atoms with Gasteiger partial charge in [0.05, 0.1) is 17.7 Å². The zero-order chi connectivity index (χ0) is 21.9. The molecular formula is C20H31N3O5S2. The Morgan fingerprint density at radius 2 is 1.53 bits per heavy atom. The summed E-state index contributed by atoms with van der Waals surface area (Å²) in [7, 11) is -5.70. The molecule has 1 amide bonds. The lowest BCUT2D eigenvalue weighted by molar-refractivity contribution is -0.132. The van der Waals surface area contributed by atoms with Crippen molar-refractivity contribution in [3.63, 3.8) is 0 Å². The van der Waals surface area contributed by atoms with Crippen LogP contribution in [-0.2, 0) is 24.8 Å². The molecule has 0 N–H and O–H groups in total. The van der Waals surface area contributed by atoms with E-state index in [4.69, 9.17) is 0 Å². The van der Waals surface area contributed by atoms with E-state index in [0.717, 1.165) is 23.4 Å². The Morgan fingerprint density at radius 1 is 0.967 bits per heavy atom. The SMILES string of the molecule is CN(CC(=O)N1CCN(S(=O)(=O)c2ccc(C3CCCCC3)cc2)CC1)S(C)(=O)=O. The van der Waals surface area contributed by atoms with Crippen LogP contribution in [0, 0.1) is 0 Å². The Hall–Kier alpha value is -1.49. The van der Waals surface area contributed by atoms with E-state index >= 15 is 0 Å². The molecule has 0 radical (unpaired) electrons. The van der Waals surface area contributed by atoms with Crippen LogP contribution in [0.15, 0.2) is 29.2 Å². The highest BCUT2D eigenvalue weighted by Gasteiger charge is 2.31. The van der Waals surface area contributed by atoms with Gasteiger partial charge in [0.1, 0.15) is 0 Å². The van der Waals surface area contributed by atoms with Gasteiger partial charge in [0.25, 0.3) is 0 Å². The zero-order valence-corrected chi connectivity index (χ0v) is 19.3. The molecule has 168 valence electrons. The highest BCUT2D eigenvalue weighted by molar-refractivity contribution is 7.89. The van der Waals surface area contributed by atoms with Gasteiger partial charge in [-0.3, -0.25) is 4.79 Å². The third-order valence-electron chi connectivity index (χ3n) is 6.11. The Kier molecular flexibility index (Phi) is 7.21. The molecule has 1 heterocycles. The normalized spacial score (nSPS) is 19.9. The van der Waals surface area contributed by atoms with Gasteiger partial charge in [-0.1, -0.05) is 31.4 Å². The molecule has 1 aliphatic heterocycles. The summed E-state index contributed by atoms with van der Waals surface area (Å²) in [6, 6.07) is 7.25. The molecule has 0 unspecified atom stereocenters. The Balaban J connectivity index is 1.59. The van der Waals surface area contributed by atoms with Crippen LogP contribution in [0.2, 0.25) is 0 Å². The number of likely N-dealkylation sites (N-methyl/N-ethyl adjacent to an activating group) is 1. The van der Waals surface area contributed by atoms with Gasteiger partial charge in [-0.15, -0.1) is 0 Å². The van der Waals surface area contributed by atoms with Crippen molar-refractivity contribution in [3.8, 4) is 0 Å². The Bertz CT molecular complexity index is 947. The lowest BCUT2D eigenvalue weighted by Gasteiger charge is -2.34. The molecule has 30 heavy (non-hydrogen) atoms. The van der Waals surface area contributed by atoms with E-state index in [1.54, 1.807) is 12.1 Å². The van der Waals surface area contributed by atoms with E-state index in [1.807, 2.05) is 12.1 Å². The van der Waals surface area contributed by atoms with Crippen molar-refractivity contribution in [1.82, 2.24) is 13.5 Å². The summed E-state index contributed by atoms with van der Waals surface area (Å²) in [6.45, 7) is 0.641. The maximum Gasteiger partial charge on any atom is 0.243 e. The molecule has 1 aliphatic carbocycles. The minimum atomic E-state index is -3.62. The minimum Gasteiger partial charge on any atom is -0.339 e. The molecule has 0 atom stereocenters. The van der Waals surface area contributed by atoms with E-state index in [-0.39, 0.29) is 43.5 Å². The van der Waals surface area contributed by atoms with E-state index < -0.39 is 20.0 Å². The number of hydrogen-bond acceptors (Lipinski definition) is 5. The van der Waals surface area contributed by atoms with Gasteiger partial charge in [-0.2, -0.15) is 8.61 Å². The summed E-state index contributed by atoms with van der Waals surface area (Å²) in [5, 5.41) is 0. The average Bonchev–Trinajstić information content (AvgIpc) is 2.74. The minimum absolute atomic E-state index is 0.195. The third-order valence-corrected chi connectivity index (χ3v) is 9.28. The number of nitrogens with zero attached hydrogens (tertiary/aromatic N) is 3. The van der Waals surface area contributed by atoms with Gasteiger partial charge >= 0.3 is 0 Å². The molecule has 0 aromatic heterocycles. The number of amides is 1. The van der Waals surface area contributed by atoms with Gasteiger partial charge in [0, 0.05) is 33.2 Å². The first-order chi connectivity index (χ1) is 14.1. The standard InChI is InChI=1S/C20H31N3O5S2/c1-21(29(2,25)26)16-20(24)22-12-14-23(15-13-22)30(27,28)19-10-8-18(9-11-19)17-6-4-3-5-7-17/h8-11,17H,3-7,12-16H2,1-2H3. The highest BCUT2D eigenvalue weighted by atomic mass is 32.2. The summed E-state index contributed by atoms with van der Waals surface area (Å²) in [5.41, 5.74) is 1.21. The fourth-order valence-electron chi connectivity index (χ4n) is 4.08. The van der Waals surface area contributed by atoms with Crippen molar-refractivity contribution in [2.75, 3.05) is 46.0 Å². The van der Waals surface area contributed by atoms with E-state index in [0.29, 0.717) is 5.92 Å². The molecule has 2 fully saturated rings. The molecule has 1 saturated carbocycles. The molecule has 10 heteroatoms. The second-order valence-electron chi connectivity index (χ2n) is 8.21. The van der Waals surface area contributed by atoms with Crippen LogP contribution < -0.4 is 0 Å². The van der Waals surface area contributed by atoms with Crippen LogP contribution in [0.4, 0.5) is 0 Å². The topological polar surface area (TPSA) is 95.1 Å². The molecule has 0 spiro atoms. The zero-order valence-electron chi connectivity index (χ0n) is 17.7. The van der Waals surface area contributed by atoms with E-state index in [9.17, 15) is 21.6 Å². The van der Waals surface area contributed by atoms with Gasteiger partial charge in [0.2, 0.25) is 26.0 Å². The molecule has 0 bridgehead atoms. The first-order valence-corrected chi connectivity index (χ1v) is 13.7. The predicted molar refractivity (Wildman–Crippen MR) is 115 cm³/mol. The maximum absolute atomic E-state index is 13.0. The predicted octanol–water partition coefficient (Wildman–Crippen LogP) is 1.46. The van der Waals surface area contributed by atoms with Crippen molar-refractivity contribution >= 4 is 26.0 Å². The van der Waals surface area contributed by atoms with Crippen molar-refractivity contribution in [2.45, 2.75) is 42.9 Å². The Morgan fingerprint density at radius 3 is 2.07 bits per heavy atom. The lowest BCUT2D eigenvalue weighted by atomic mass is 9.84. The molecule has 1 saturated heterocycles. The van der Waals surface area contributed by atoms with Crippen molar-refractivity contribution in [3.05, 3.63) is 29.8 Å². The second kappa shape index (κ2) is 9.33. The molecule has 3 rings (SSSR count). The summed E-state index contributed by atoms with van der Waals surface area (Å²) in [4.78, 5) is 14.1. The fraction of sp³-hybridized carbons (Fsp3) is 0.650. The smallest absolute Gasteiger partial charge is 0.243 e. The average molecular weight is 458 g/mol. The number of sulfonamides is 2. The molecule has 8 nitrogen and oxygen atoms in total. The first-order valence-electron chi connectivity index (χ1n) is 10.4. The highest BCUT2D eigenvalue weighted by Crippen LogP contribution is 2.33. The summed E-state index contributed by atoms with van der Waals surface area (Å²) >= 11 is 0. The van der Waals surface area contributed by atoms with Crippen molar-refractivity contribution < 1.29 is 21.6 Å². The Labute approximate surface area is 179 Å². The molecule has 1 aromatic carbocycles. The third kappa shape index (κ3) is 5.40. The largest absolute Gasteiger partial charge is 0.339 e. The van der Waals surface area contributed by atoms with Crippen LogP contribution in [0.3, 0.4) is 0 Å². The number of benzene rings is 1. The van der Waals surface area contributed by atoms with Gasteiger partial charge in [-0.25, -0.2) is 16.8 Å². The van der Waals surface area contributed by atoms with Gasteiger partial charge in [-0.05, 0) is 36.5 Å². The summed E-state index contributed by atoms with van der Waals surface area (Å²) in [5.74, 6) is 0.201. The van der Waals surface area contributed by atoms with Crippen LogP contribution in [0.25, 0.3) is 0 Å². The van der Waals surface area contributed by atoms with Crippen LogP contribution in [0.5, 0.6) is 0 Å².